The minimum absolute atomic E-state index is 0.0106. The van der Waals surface area contributed by atoms with E-state index in [1.807, 2.05) is 0 Å². The number of carbonyl (C=O) groups excluding carboxylic acids is 2. The molecule has 5 nitrogen and oxygen atoms in total. The topological polar surface area (TPSA) is 55.8 Å². The number of benzene rings is 2. The third kappa shape index (κ3) is 3.96. The summed E-state index contributed by atoms with van der Waals surface area (Å²) in [6, 6.07) is 8.92. The predicted octanol–water partition coefficient (Wildman–Crippen LogP) is 4.18. The van der Waals surface area contributed by atoms with Gasteiger partial charge in [-0.05, 0) is 30.7 Å². The summed E-state index contributed by atoms with van der Waals surface area (Å²) in [5.74, 6) is -0.451. The van der Waals surface area contributed by atoms with Gasteiger partial charge in [-0.3, -0.25) is 4.79 Å². The van der Waals surface area contributed by atoms with Crippen LogP contribution in [0.25, 0.3) is 0 Å². The Morgan fingerprint density at radius 3 is 2.73 bits per heavy atom. The summed E-state index contributed by atoms with van der Waals surface area (Å²) in [5, 5.41) is -0.0106. The highest BCUT2D eigenvalue weighted by molar-refractivity contribution is 6.30. The third-order valence-electron chi connectivity index (χ3n) is 4.14. The van der Waals surface area contributed by atoms with Crippen LogP contribution in [0.15, 0.2) is 36.4 Å². The van der Waals surface area contributed by atoms with E-state index in [0.29, 0.717) is 36.4 Å². The monoisotopic (exact) mass is 377 g/mol. The van der Waals surface area contributed by atoms with Gasteiger partial charge < -0.3 is 14.4 Å². The van der Waals surface area contributed by atoms with Gasteiger partial charge in [-0.1, -0.05) is 17.7 Å². The zero-order chi connectivity index (χ0) is 18.7. The molecule has 1 heterocycles. The molecule has 0 radical (unpaired) electrons. The minimum Gasteiger partial charge on any atom is -0.465 e. The number of carbonyl (C=O) groups is 2. The summed E-state index contributed by atoms with van der Waals surface area (Å²) in [6.07, 6.45) is 1.34. The summed E-state index contributed by atoms with van der Waals surface area (Å²) >= 11 is 5.69. The highest BCUT2D eigenvalue weighted by Gasteiger charge is 2.22. The molecule has 0 unspecified atom stereocenters. The smallest absolute Gasteiger partial charge is 0.337 e. The number of esters is 1. The lowest BCUT2D eigenvalue weighted by molar-refractivity contribution is -0.128. The number of methoxy groups -OCH3 is 1. The highest BCUT2D eigenvalue weighted by Crippen LogP contribution is 2.30. The summed E-state index contributed by atoms with van der Waals surface area (Å²) < 4.78 is 24.2. The second-order valence-electron chi connectivity index (χ2n) is 5.91. The van der Waals surface area contributed by atoms with Crippen molar-refractivity contribution in [2.75, 3.05) is 13.7 Å². The molecule has 2 aromatic rings. The Labute approximate surface area is 155 Å². The van der Waals surface area contributed by atoms with Crippen LogP contribution in [0.1, 0.15) is 28.8 Å². The molecule has 0 N–H and O–H groups in total. The van der Waals surface area contributed by atoms with Crippen molar-refractivity contribution in [1.29, 1.82) is 0 Å². The van der Waals surface area contributed by atoms with E-state index in [0.717, 1.165) is 12.5 Å². The van der Waals surface area contributed by atoms with Gasteiger partial charge in [-0.15, -0.1) is 0 Å². The normalized spacial score (nSPS) is 13.8. The Balaban J connectivity index is 1.93. The Bertz CT molecular complexity index is 855. The lowest BCUT2D eigenvalue weighted by Crippen LogP contribution is -2.24. The first-order chi connectivity index (χ1) is 12.5. The fourth-order valence-electron chi connectivity index (χ4n) is 2.77. The number of amides is 1. The summed E-state index contributed by atoms with van der Waals surface area (Å²) in [7, 11) is 1.29. The molecule has 7 heteroatoms. The Morgan fingerprint density at radius 1 is 1.27 bits per heavy atom. The molecule has 0 atom stereocenters. The van der Waals surface area contributed by atoms with Crippen LogP contribution in [0.3, 0.4) is 0 Å². The van der Waals surface area contributed by atoms with Crippen molar-refractivity contribution in [2.24, 2.45) is 0 Å². The standard InChI is InChI=1S/C19H17ClFNO4/c1-25-19(24)12-4-5-13(11-22-8-2-3-18(22)23)17(9-12)26-14-6-7-15(20)16(21)10-14/h4-7,9-10H,2-3,8,11H2,1H3. The van der Waals surface area contributed by atoms with E-state index in [2.05, 4.69) is 0 Å². The van der Waals surface area contributed by atoms with Crippen molar-refractivity contribution in [3.63, 3.8) is 0 Å². The van der Waals surface area contributed by atoms with E-state index in [1.165, 1.54) is 25.3 Å². The predicted molar refractivity (Wildman–Crippen MR) is 93.9 cm³/mol. The largest absolute Gasteiger partial charge is 0.465 e. The van der Waals surface area contributed by atoms with Gasteiger partial charge in [0.2, 0.25) is 5.91 Å². The number of rotatable bonds is 5. The Hall–Kier alpha value is -2.60. The van der Waals surface area contributed by atoms with Crippen molar-refractivity contribution in [3.05, 3.63) is 58.4 Å². The molecule has 3 rings (SSSR count). The van der Waals surface area contributed by atoms with Crippen LogP contribution >= 0.6 is 11.6 Å². The first-order valence-corrected chi connectivity index (χ1v) is 8.47. The zero-order valence-corrected chi connectivity index (χ0v) is 14.9. The maximum Gasteiger partial charge on any atom is 0.337 e. The van der Waals surface area contributed by atoms with Gasteiger partial charge in [-0.25, -0.2) is 9.18 Å². The molecule has 1 aliphatic heterocycles. The second kappa shape index (κ2) is 7.74. The minimum atomic E-state index is -0.607. The van der Waals surface area contributed by atoms with E-state index >= 15 is 0 Å². The van der Waals surface area contributed by atoms with Gasteiger partial charge in [0.1, 0.15) is 17.3 Å². The number of halogens is 2. The molecule has 0 aliphatic carbocycles. The highest BCUT2D eigenvalue weighted by atomic mass is 35.5. The average Bonchev–Trinajstić information content (AvgIpc) is 3.03. The van der Waals surface area contributed by atoms with E-state index in [4.69, 9.17) is 21.1 Å². The van der Waals surface area contributed by atoms with Crippen LogP contribution in [0.2, 0.25) is 5.02 Å². The SMILES string of the molecule is COC(=O)c1ccc(CN2CCCC2=O)c(Oc2ccc(Cl)c(F)c2)c1. The fraction of sp³-hybridized carbons (Fsp3) is 0.263. The molecular formula is C19H17ClFNO4. The maximum atomic E-state index is 13.7. The fourth-order valence-corrected chi connectivity index (χ4v) is 2.89. The maximum absolute atomic E-state index is 13.7. The number of hydrogen-bond donors (Lipinski definition) is 0. The van der Waals surface area contributed by atoms with Crippen molar-refractivity contribution in [1.82, 2.24) is 4.90 Å². The van der Waals surface area contributed by atoms with E-state index < -0.39 is 11.8 Å². The molecule has 2 aromatic carbocycles. The van der Waals surface area contributed by atoms with Gasteiger partial charge in [0, 0.05) is 31.1 Å². The third-order valence-corrected chi connectivity index (χ3v) is 4.45. The zero-order valence-electron chi connectivity index (χ0n) is 14.1. The van der Waals surface area contributed by atoms with Crippen LogP contribution in [0, 0.1) is 5.82 Å². The molecule has 0 aromatic heterocycles. The molecule has 0 bridgehead atoms. The van der Waals surface area contributed by atoms with E-state index in [9.17, 15) is 14.0 Å². The van der Waals surface area contributed by atoms with E-state index in [1.54, 1.807) is 17.0 Å². The summed E-state index contributed by atoms with van der Waals surface area (Å²) in [4.78, 5) is 25.4. The summed E-state index contributed by atoms with van der Waals surface area (Å²) in [6.45, 7) is 1.03. The summed E-state index contributed by atoms with van der Waals surface area (Å²) in [5.41, 5.74) is 1.01. The van der Waals surface area contributed by atoms with Crippen molar-refractivity contribution >= 4 is 23.5 Å². The van der Waals surface area contributed by atoms with Crippen molar-refractivity contribution < 1.29 is 23.5 Å². The van der Waals surface area contributed by atoms with Crippen LogP contribution in [0.4, 0.5) is 4.39 Å². The molecular weight excluding hydrogens is 361 g/mol. The number of ether oxygens (including phenoxy) is 2. The van der Waals surface area contributed by atoms with Crippen LogP contribution < -0.4 is 4.74 Å². The van der Waals surface area contributed by atoms with Crippen LogP contribution in [-0.4, -0.2) is 30.4 Å². The van der Waals surface area contributed by atoms with Gasteiger partial charge >= 0.3 is 5.97 Å². The molecule has 26 heavy (non-hydrogen) atoms. The molecule has 1 amide bonds. The number of likely N-dealkylation sites (tertiary alicyclic amines) is 1. The second-order valence-corrected chi connectivity index (χ2v) is 6.32. The molecule has 0 saturated carbocycles. The number of hydrogen-bond acceptors (Lipinski definition) is 4. The Kier molecular flexibility index (Phi) is 5.42. The first-order valence-electron chi connectivity index (χ1n) is 8.10. The van der Waals surface area contributed by atoms with Gasteiger partial charge in [0.15, 0.2) is 0 Å². The van der Waals surface area contributed by atoms with Crippen LogP contribution in [-0.2, 0) is 16.1 Å². The molecule has 1 aliphatic rings. The van der Waals surface area contributed by atoms with Crippen molar-refractivity contribution in [2.45, 2.75) is 19.4 Å². The molecule has 1 fully saturated rings. The number of nitrogens with zero attached hydrogens (tertiary/aromatic N) is 1. The van der Waals surface area contributed by atoms with E-state index in [-0.39, 0.29) is 16.7 Å². The average molecular weight is 378 g/mol. The lowest BCUT2D eigenvalue weighted by atomic mass is 10.1. The van der Waals surface area contributed by atoms with Gasteiger partial charge in [0.25, 0.3) is 0 Å². The van der Waals surface area contributed by atoms with Crippen molar-refractivity contribution in [3.8, 4) is 11.5 Å². The van der Waals surface area contributed by atoms with Crippen LogP contribution in [0.5, 0.6) is 11.5 Å². The molecule has 1 saturated heterocycles. The van der Waals surface area contributed by atoms with Gasteiger partial charge in [0.05, 0.1) is 17.7 Å². The quantitative estimate of drug-likeness (QED) is 0.733. The Morgan fingerprint density at radius 2 is 2.08 bits per heavy atom. The van der Waals surface area contributed by atoms with Gasteiger partial charge in [-0.2, -0.15) is 0 Å². The molecule has 136 valence electrons. The first kappa shape index (κ1) is 18.2. The molecule has 0 spiro atoms. The lowest BCUT2D eigenvalue weighted by Gasteiger charge is -2.19.